The van der Waals surface area contributed by atoms with Crippen LogP contribution < -0.4 is 0 Å². The Kier molecular flexibility index (Phi) is 2.01. The number of benzene rings is 1. The summed E-state index contributed by atoms with van der Waals surface area (Å²) in [5.74, 6) is 0.0880. The Bertz CT molecular complexity index is 241. The normalized spacial score (nSPS) is 10.0. The van der Waals surface area contributed by atoms with Crippen LogP contribution in [0.15, 0.2) is 12.1 Å². The molecule has 0 aliphatic heterocycles. The molecule has 2 aliphatic carbocycles. The Morgan fingerprint density at radius 3 is 1.45 bits per heavy atom. The van der Waals surface area contributed by atoms with Crippen LogP contribution in [0, 0.1) is 0 Å². The van der Waals surface area contributed by atoms with Gasteiger partial charge in [0.2, 0.25) is 0 Å². The molecule has 3 N–H and O–H groups in total. The molecular weight excluding hydrogens is 144 g/mol. The summed E-state index contributed by atoms with van der Waals surface area (Å²) in [5.41, 5.74) is 1.59. The van der Waals surface area contributed by atoms with Crippen molar-refractivity contribution in [2.75, 3.05) is 6.61 Å². The van der Waals surface area contributed by atoms with Crippen molar-refractivity contribution in [2.45, 2.75) is 6.92 Å². The minimum absolute atomic E-state index is 0.0440. The fourth-order valence-electron chi connectivity index (χ4n) is 0.856. The first-order valence-electron chi connectivity index (χ1n) is 3.38. The van der Waals surface area contributed by atoms with Gasteiger partial charge in [0, 0.05) is 17.7 Å². The van der Waals surface area contributed by atoms with Gasteiger partial charge in [0.05, 0.1) is 0 Å². The third-order valence-corrected chi connectivity index (χ3v) is 1.44. The Morgan fingerprint density at radius 1 is 1.09 bits per heavy atom. The summed E-state index contributed by atoms with van der Waals surface area (Å²) < 4.78 is 0. The Balaban J connectivity index is 0.000000179. The van der Waals surface area contributed by atoms with Gasteiger partial charge in [-0.2, -0.15) is 0 Å². The lowest BCUT2D eigenvalue weighted by Crippen LogP contribution is -1.91. The van der Waals surface area contributed by atoms with E-state index in [4.69, 9.17) is 15.3 Å². The van der Waals surface area contributed by atoms with Gasteiger partial charge in [0.15, 0.2) is 11.5 Å². The van der Waals surface area contributed by atoms with Crippen LogP contribution in [0.5, 0.6) is 11.5 Å². The third-order valence-electron chi connectivity index (χ3n) is 1.44. The Labute approximate surface area is 64.5 Å². The van der Waals surface area contributed by atoms with Crippen LogP contribution in [-0.4, -0.2) is 21.9 Å². The quantitative estimate of drug-likeness (QED) is 0.497. The lowest BCUT2D eigenvalue weighted by atomic mass is 9.90. The summed E-state index contributed by atoms with van der Waals surface area (Å²) in [6.07, 6.45) is 0. The molecular formula is C8H10O3. The fraction of sp³-hybridized carbons (Fsp3) is 0.250. The molecule has 2 rings (SSSR count). The number of fused-ring (bicyclic) bond motifs is 1. The van der Waals surface area contributed by atoms with Gasteiger partial charge in [-0.25, -0.2) is 0 Å². The van der Waals surface area contributed by atoms with Crippen LogP contribution in [-0.2, 0) is 0 Å². The van der Waals surface area contributed by atoms with E-state index in [1.165, 1.54) is 0 Å². The first-order chi connectivity index (χ1) is 5.22. The lowest BCUT2D eigenvalue weighted by Gasteiger charge is -2.18. The van der Waals surface area contributed by atoms with Crippen molar-refractivity contribution < 1.29 is 15.3 Å². The molecule has 3 nitrogen and oxygen atoms in total. The van der Waals surface area contributed by atoms with Crippen molar-refractivity contribution >= 4 is 0 Å². The van der Waals surface area contributed by atoms with Gasteiger partial charge in [0.25, 0.3) is 0 Å². The molecule has 0 radical (unpaired) electrons. The second kappa shape index (κ2) is 2.80. The van der Waals surface area contributed by atoms with Gasteiger partial charge >= 0.3 is 0 Å². The van der Waals surface area contributed by atoms with Crippen molar-refractivity contribution in [1.82, 2.24) is 0 Å². The number of aromatic hydroxyl groups is 2. The number of hydrogen-bond donors (Lipinski definition) is 3. The molecule has 0 spiro atoms. The van der Waals surface area contributed by atoms with E-state index >= 15 is 0 Å². The third kappa shape index (κ3) is 1.03. The SMILES string of the molecule is CCO.Oc1c2ccc-2c1O. The molecule has 0 amide bonds. The van der Waals surface area contributed by atoms with E-state index in [2.05, 4.69) is 0 Å². The molecule has 2 aliphatic rings. The summed E-state index contributed by atoms with van der Waals surface area (Å²) in [6, 6.07) is 3.54. The van der Waals surface area contributed by atoms with E-state index in [-0.39, 0.29) is 18.1 Å². The van der Waals surface area contributed by atoms with Gasteiger partial charge in [-0.3, -0.25) is 0 Å². The van der Waals surface area contributed by atoms with E-state index in [1.807, 2.05) is 0 Å². The minimum atomic E-state index is 0.0440. The van der Waals surface area contributed by atoms with Crippen LogP contribution in [0.3, 0.4) is 0 Å². The number of aliphatic hydroxyl groups excluding tert-OH is 1. The van der Waals surface area contributed by atoms with E-state index in [9.17, 15) is 0 Å². The Morgan fingerprint density at radius 2 is 1.36 bits per heavy atom. The zero-order valence-electron chi connectivity index (χ0n) is 6.20. The topological polar surface area (TPSA) is 60.7 Å². The molecule has 0 fully saturated rings. The van der Waals surface area contributed by atoms with Crippen LogP contribution in [0.1, 0.15) is 6.92 Å². The van der Waals surface area contributed by atoms with Gasteiger partial charge in [-0.05, 0) is 19.1 Å². The minimum Gasteiger partial charge on any atom is -0.504 e. The lowest BCUT2D eigenvalue weighted by molar-refractivity contribution is 0.318. The molecule has 0 aromatic heterocycles. The molecule has 3 heteroatoms. The first-order valence-corrected chi connectivity index (χ1v) is 3.38. The van der Waals surface area contributed by atoms with E-state index in [0.717, 1.165) is 11.1 Å². The second-order valence-corrected chi connectivity index (χ2v) is 2.17. The summed E-state index contributed by atoms with van der Waals surface area (Å²) >= 11 is 0. The smallest absolute Gasteiger partial charge is 0.166 e. The highest BCUT2D eigenvalue weighted by molar-refractivity contribution is 5.92. The molecule has 0 heterocycles. The highest BCUT2D eigenvalue weighted by Crippen LogP contribution is 2.53. The molecule has 60 valence electrons. The molecule has 0 unspecified atom stereocenters. The maximum absolute atomic E-state index is 8.73. The zero-order chi connectivity index (χ0) is 8.43. The molecule has 0 bridgehead atoms. The monoisotopic (exact) mass is 154 g/mol. The molecule has 0 atom stereocenters. The van der Waals surface area contributed by atoms with Gasteiger partial charge in [-0.1, -0.05) is 0 Å². The van der Waals surface area contributed by atoms with Crippen molar-refractivity contribution in [1.29, 1.82) is 0 Å². The van der Waals surface area contributed by atoms with E-state index < -0.39 is 0 Å². The van der Waals surface area contributed by atoms with Crippen molar-refractivity contribution in [3.05, 3.63) is 12.1 Å². The molecule has 0 saturated carbocycles. The van der Waals surface area contributed by atoms with Crippen molar-refractivity contribution in [3.63, 3.8) is 0 Å². The Hall–Kier alpha value is -1.22. The predicted octanol–water partition coefficient (Wildman–Crippen LogP) is 1.08. The van der Waals surface area contributed by atoms with Gasteiger partial charge in [-0.15, -0.1) is 0 Å². The highest BCUT2D eigenvalue weighted by atomic mass is 16.3. The number of aliphatic hydroxyl groups is 1. The average Bonchev–Trinajstić information content (AvgIpc) is 1.87. The largest absolute Gasteiger partial charge is 0.504 e. The number of phenols is 2. The molecule has 0 saturated heterocycles. The predicted molar refractivity (Wildman–Crippen MR) is 41.5 cm³/mol. The summed E-state index contributed by atoms with van der Waals surface area (Å²) in [7, 11) is 0. The second-order valence-electron chi connectivity index (χ2n) is 2.17. The van der Waals surface area contributed by atoms with Gasteiger partial charge in [0.1, 0.15) is 0 Å². The standard InChI is InChI=1S/C6H4O2.C2H6O/c7-5-3-1-2-4(3)6(5)8;1-2-3/h1-2,7-8H;3H,2H2,1H3. The maximum Gasteiger partial charge on any atom is 0.166 e. The summed E-state index contributed by atoms with van der Waals surface area (Å²) in [6.45, 7) is 1.93. The van der Waals surface area contributed by atoms with Crippen LogP contribution in [0.25, 0.3) is 11.1 Å². The van der Waals surface area contributed by atoms with Crippen LogP contribution in [0.4, 0.5) is 0 Å². The van der Waals surface area contributed by atoms with E-state index in [0.29, 0.717) is 0 Å². The number of hydrogen-bond acceptors (Lipinski definition) is 3. The first kappa shape index (κ1) is 7.88. The zero-order valence-corrected chi connectivity index (χ0v) is 6.20. The number of rotatable bonds is 0. The number of phenolic OH excluding ortho intramolecular Hbond substituents is 2. The highest BCUT2D eigenvalue weighted by Gasteiger charge is 2.24. The molecule has 0 aromatic rings. The summed E-state index contributed by atoms with van der Waals surface area (Å²) in [4.78, 5) is 0. The fourth-order valence-corrected chi connectivity index (χ4v) is 0.856. The van der Waals surface area contributed by atoms with Crippen LogP contribution >= 0.6 is 0 Å². The molecule has 0 aromatic carbocycles. The molecule has 11 heavy (non-hydrogen) atoms. The maximum atomic E-state index is 8.73. The van der Waals surface area contributed by atoms with Crippen LogP contribution in [0.2, 0.25) is 0 Å². The van der Waals surface area contributed by atoms with E-state index in [1.54, 1.807) is 19.1 Å². The summed E-state index contributed by atoms with van der Waals surface area (Å²) in [5, 5.41) is 25.0. The average molecular weight is 154 g/mol. The van der Waals surface area contributed by atoms with Crippen molar-refractivity contribution in [2.24, 2.45) is 0 Å². The van der Waals surface area contributed by atoms with Crippen molar-refractivity contribution in [3.8, 4) is 22.6 Å². The van der Waals surface area contributed by atoms with Gasteiger partial charge < -0.3 is 15.3 Å².